The van der Waals surface area contributed by atoms with E-state index in [1.807, 2.05) is 48.5 Å². The third-order valence-corrected chi connectivity index (χ3v) is 7.80. The van der Waals surface area contributed by atoms with Crippen LogP contribution in [0.3, 0.4) is 0 Å². The maximum absolute atomic E-state index is 12.6. The topological polar surface area (TPSA) is 202 Å². The van der Waals surface area contributed by atoms with Crippen LogP contribution >= 0.6 is 0 Å². The number of aliphatic hydroxyl groups is 5. The van der Waals surface area contributed by atoms with Crippen LogP contribution in [0.5, 0.6) is 0 Å². The highest BCUT2D eigenvalue weighted by Crippen LogP contribution is 2.14. The fraction of sp³-hybridized carbons (Fsp3) is 0.361. The van der Waals surface area contributed by atoms with Crippen molar-refractivity contribution >= 4 is 17.5 Å². The standard InChI is InChI=1S/C36H44N6O8/c1-41(21-31(44)35(48)36(49)32(45)22-43)34(47)16-25-8-11-27(12-9-25)40-33(46)24-50-23-26-10-13-30(39-17-26)20-42(18-28-6-2-4-14-37-28)19-29-7-3-5-15-38-29/h2-15,17,31-32,35-36,43-45,48-49H,16,18-24H2,1H3,(H,40,46). The Morgan fingerprint density at radius 3 is 1.88 bits per heavy atom. The molecule has 0 bridgehead atoms. The van der Waals surface area contributed by atoms with E-state index in [1.54, 1.807) is 42.9 Å². The molecule has 1 aromatic carbocycles. The molecule has 266 valence electrons. The van der Waals surface area contributed by atoms with Gasteiger partial charge in [0.1, 0.15) is 31.0 Å². The molecule has 14 heteroatoms. The van der Waals surface area contributed by atoms with E-state index in [9.17, 15) is 30.0 Å². The smallest absolute Gasteiger partial charge is 0.250 e. The second-order valence-electron chi connectivity index (χ2n) is 11.9. The van der Waals surface area contributed by atoms with Crippen molar-refractivity contribution in [2.75, 3.05) is 32.1 Å². The highest BCUT2D eigenvalue weighted by Gasteiger charge is 2.31. The molecule has 14 nitrogen and oxygen atoms in total. The van der Waals surface area contributed by atoms with E-state index in [2.05, 4.69) is 25.2 Å². The molecule has 0 saturated carbocycles. The number of rotatable bonds is 19. The molecule has 0 saturated heterocycles. The average Bonchev–Trinajstić information content (AvgIpc) is 3.13. The Balaban J connectivity index is 1.19. The minimum atomic E-state index is -1.77. The van der Waals surface area contributed by atoms with E-state index in [1.165, 1.54) is 11.9 Å². The van der Waals surface area contributed by atoms with E-state index in [0.29, 0.717) is 30.9 Å². The first-order valence-electron chi connectivity index (χ1n) is 16.1. The minimum absolute atomic E-state index is 0.0161. The predicted molar refractivity (Wildman–Crippen MR) is 183 cm³/mol. The van der Waals surface area contributed by atoms with Crippen LogP contribution in [0.1, 0.15) is 28.2 Å². The molecule has 0 radical (unpaired) electrons. The number of benzene rings is 1. The van der Waals surface area contributed by atoms with Crippen LogP contribution in [0.2, 0.25) is 0 Å². The summed E-state index contributed by atoms with van der Waals surface area (Å²) in [6.07, 6.45) is -1.43. The number of nitrogens with one attached hydrogen (secondary N) is 1. The Morgan fingerprint density at radius 2 is 1.34 bits per heavy atom. The van der Waals surface area contributed by atoms with Gasteiger partial charge in [-0.15, -0.1) is 0 Å². The Bertz CT molecular complexity index is 1560. The molecule has 3 heterocycles. The van der Waals surface area contributed by atoms with Crippen molar-refractivity contribution in [3.63, 3.8) is 0 Å². The highest BCUT2D eigenvalue weighted by molar-refractivity contribution is 5.91. The molecule has 2 amide bonds. The Morgan fingerprint density at radius 1 is 0.760 bits per heavy atom. The zero-order valence-corrected chi connectivity index (χ0v) is 27.8. The fourth-order valence-electron chi connectivity index (χ4n) is 5.00. The second-order valence-corrected chi connectivity index (χ2v) is 11.9. The molecule has 4 unspecified atom stereocenters. The van der Waals surface area contributed by atoms with Crippen molar-refractivity contribution < 1.29 is 39.9 Å². The number of carbonyl (C=O) groups is 2. The predicted octanol–water partition coefficient (Wildman–Crippen LogP) is 0.666. The van der Waals surface area contributed by atoms with Gasteiger partial charge in [0, 0.05) is 57.5 Å². The summed E-state index contributed by atoms with van der Waals surface area (Å²) in [5.41, 5.74) is 4.77. The SMILES string of the molecule is CN(CC(O)C(O)C(O)C(O)CO)C(=O)Cc1ccc(NC(=O)COCc2ccc(CN(Cc3ccccn3)Cc3ccccn3)nc2)cc1. The van der Waals surface area contributed by atoms with Gasteiger partial charge in [-0.3, -0.25) is 29.4 Å². The summed E-state index contributed by atoms with van der Waals surface area (Å²) in [5, 5.41) is 51.0. The highest BCUT2D eigenvalue weighted by atomic mass is 16.5. The molecular formula is C36H44N6O8. The van der Waals surface area contributed by atoms with Gasteiger partial charge >= 0.3 is 0 Å². The van der Waals surface area contributed by atoms with Crippen molar-refractivity contribution in [1.29, 1.82) is 0 Å². The van der Waals surface area contributed by atoms with E-state index in [0.717, 1.165) is 22.6 Å². The Labute approximate surface area is 290 Å². The lowest BCUT2D eigenvalue weighted by Gasteiger charge is -2.28. The van der Waals surface area contributed by atoms with E-state index in [-0.39, 0.29) is 38.0 Å². The summed E-state index contributed by atoms with van der Waals surface area (Å²) in [6.45, 7) is 0.804. The average molecular weight is 689 g/mol. The first-order chi connectivity index (χ1) is 24.1. The molecule has 3 aromatic heterocycles. The third-order valence-electron chi connectivity index (χ3n) is 7.80. The number of amides is 2. The molecule has 6 N–H and O–H groups in total. The van der Waals surface area contributed by atoms with E-state index < -0.39 is 31.0 Å². The zero-order chi connectivity index (χ0) is 35.9. The number of nitrogens with zero attached hydrogens (tertiary/aromatic N) is 5. The number of pyridine rings is 3. The summed E-state index contributed by atoms with van der Waals surface area (Å²) >= 11 is 0. The van der Waals surface area contributed by atoms with Crippen molar-refractivity contribution in [2.45, 2.75) is 57.1 Å². The molecule has 0 aliphatic heterocycles. The first kappa shape index (κ1) is 38.1. The molecular weight excluding hydrogens is 644 g/mol. The van der Waals surface area contributed by atoms with Crippen LogP contribution in [0.15, 0.2) is 91.4 Å². The lowest BCUT2D eigenvalue weighted by Crippen LogP contribution is -2.50. The van der Waals surface area contributed by atoms with E-state index >= 15 is 0 Å². The van der Waals surface area contributed by atoms with Crippen molar-refractivity contribution in [3.05, 3.63) is 120 Å². The molecule has 0 fully saturated rings. The van der Waals surface area contributed by atoms with Gasteiger partial charge in [0.15, 0.2) is 0 Å². The summed E-state index contributed by atoms with van der Waals surface area (Å²) in [7, 11) is 1.43. The van der Waals surface area contributed by atoms with Crippen LogP contribution in [-0.4, -0.2) is 113 Å². The maximum atomic E-state index is 12.6. The summed E-state index contributed by atoms with van der Waals surface area (Å²) in [6, 6.07) is 22.2. The van der Waals surface area contributed by atoms with Gasteiger partial charge in [-0.05, 0) is 53.6 Å². The van der Waals surface area contributed by atoms with Crippen molar-refractivity contribution in [3.8, 4) is 0 Å². The lowest BCUT2D eigenvalue weighted by molar-refractivity contribution is -0.137. The van der Waals surface area contributed by atoms with Crippen molar-refractivity contribution in [2.24, 2.45) is 0 Å². The number of aromatic nitrogens is 3. The molecule has 4 atom stereocenters. The number of aliphatic hydroxyl groups excluding tert-OH is 5. The molecule has 4 aromatic rings. The lowest BCUT2D eigenvalue weighted by atomic mass is 10.0. The van der Waals surface area contributed by atoms with Gasteiger partial charge in [0.25, 0.3) is 0 Å². The van der Waals surface area contributed by atoms with Gasteiger partial charge in [0.2, 0.25) is 11.8 Å². The number of ether oxygens (including phenoxy) is 1. The van der Waals surface area contributed by atoms with Gasteiger partial charge in [-0.2, -0.15) is 0 Å². The maximum Gasteiger partial charge on any atom is 0.250 e. The van der Waals surface area contributed by atoms with Crippen LogP contribution in [0.4, 0.5) is 5.69 Å². The number of hydrogen-bond donors (Lipinski definition) is 6. The van der Waals surface area contributed by atoms with Crippen LogP contribution in [-0.2, 0) is 47.0 Å². The van der Waals surface area contributed by atoms with Crippen LogP contribution in [0, 0.1) is 0 Å². The van der Waals surface area contributed by atoms with Crippen molar-refractivity contribution in [1.82, 2.24) is 24.8 Å². The molecule has 50 heavy (non-hydrogen) atoms. The Kier molecular flexibility index (Phi) is 14.9. The number of anilines is 1. The minimum Gasteiger partial charge on any atom is -0.394 e. The van der Waals surface area contributed by atoms with Crippen LogP contribution in [0.25, 0.3) is 0 Å². The summed E-state index contributed by atoms with van der Waals surface area (Å²) in [5.74, 6) is -0.716. The number of likely N-dealkylation sites (N-methyl/N-ethyl adjacent to an activating group) is 1. The van der Waals surface area contributed by atoms with Gasteiger partial charge < -0.3 is 40.5 Å². The molecule has 4 rings (SSSR count). The summed E-state index contributed by atoms with van der Waals surface area (Å²) < 4.78 is 5.61. The Hall–Kier alpha value is -4.67. The largest absolute Gasteiger partial charge is 0.394 e. The van der Waals surface area contributed by atoms with Gasteiger partial charge in [-0.1, -0.05) is 30.3 Å². The molecule has 0 aliphatic carbocycles. The zero-order valence-electron chi connectivity index (χ0n) is 27.8. The number of hydrogen-bond acceptors (Lipinski definition) is 12. The third kappa shape index (κ3) is 12.3. The molecule has 0 aliphatic rings. The van der Waals surface area contributed by atoms with Gasteiger partial charge in [0.05, 0.1) is 36.7 Å². The molecule has 0 spiro atoms. The number of carbonyl (C=O) groups excluding carboxylic acids is 2. The quantitative estimate of drug-likeness (QED) is 0.0806. The fourth-order valence-corrected chi connectivity index (χ4v) is 5.00. The second kappa shape index (κ2) is 19.5. The van der Waals surface area contributed by atoms with Gasteiger partial charge in [-0.25, -0.2) is 0 Å². The summed E-state index contributed by atoms with van der Waals surface area (Å²) in [4.78, 5) is 42.0. The normalized spacial score (nSPS) is 13.7. The van der Waals surface area contributed by atoms with Crippen LogP contribution < -0.4 is 5.32 Å². The monoisotopic (exact) mass is 688 g/mol. The first-order valence-corrected chi connectivity index (χ1v) is 16.1. The van der Waals surface area contributed by atoms with E-state index in [4.69, 9.17) is 9.84 Å².